The van der Waals surface area contributed by atoms with Gasteiger partial charge in [-0.05, 0) is 104 Å². The Morgan fingerprint density at radius 1 is 1.05 bits per heavy atom. The highest BCUT2D eigenvalue weighted by atomic mass is 16.5. The van der Waals surface area contributed by atoms with E-state index in [0.717, 1.165) is 56.3 Å². The van der Waals surface area contributed by atoms with Crippen molar-refractivity contribution in [1.29, 1.82) is 0 Å². The molecule has 0 bridgehead atoms. The molecule has 5 heteroatoms. The second-order valence-corrected chi connectivity index (χ2v) is 12.5. The number of allylic oxidation sites excluding steroid dienone is 2. The van der Waals surface area contributed by atoms with Crippen LogP contribution in [0.4, 0.5) is 0 Å². The predicted molar refractivity (Wildman–Crippen MR) is 149 cm³/mol. The van der Waals surface area contributed by atoms with Crippen molar-refractivity contribution in [3.05, 3.63) is 41.5 Å². The summed E-state index contributed by atoms with van der Waals surface area (Å²) in [6.45, 7) is 8.92. The van der Waals surface area contributed by atoms with Gasteiger partial charge in [-0.3, -0.25) is 9.59 Å². The normalized spacial score (nSPS) is 36.0. The Hall–Kier alpha value is -2.56. The molecular formula is C33H44O5. The van der Waals surface area contributed by atoms with Crippen LogP contribution in [-0.4, -0.2) is 31.6 Å². The van der Waals surface area contributed by atoms with Crippen molar-refractivity contribution in [3.63, 3.8) is 0 Å². The third-order valence-corrected chi connectivity index (χ3v) is 10.7. The van der Waals surface area contributed by atoms with Gasteiger partial charge in [-0.25, -0.2) is 0 Å². The maximum Gasteiger partial charge on any atom is 0.302 e. The van der Waals surface area contributed by atoms with Crippen LogP contribution < -0.4 is 9.47 Å². The van der Waals surface area contributed by atoms with Crippen molar-refractivity contribution in [3.8, 4) is 11.5 Å². The van der Waals surface area contributed by atoms with Crippen LogP contribution in [0.15, 0.2) is 35.9 Å². The number of hydrogen-bond donors (Lipinski definition) is 0. The molecule has 4 aliphatic carbocycles. The maximum atomic E-state index is 13.6. The van der Waals surface area contributed by atoms with E-state index in [9.17, 15) is 9.59 Å². The lowest BCUT2D eigenvalue weighted by Crippen LogP contribution is -2.51. The third kappa shape index (κ3) is 4.71. The number of fused-ring (bicyclic) bond motifs is 5. The highest BCUT2D eigenvalue weighted by Gasteiger charge is 2.59. The van der Waals surface area contributed by atoms with Gasteiger partial charge in [0.1, 0.15) is 6.10 Å². The first-order valence-corrected chi connectivity index (χ1v) is 14.6. The number of benzene rings is 1. The van der Waals surface area contributed by atoms with Gasteiger partial charge in [-0.15, -0.1) is 0 Å². The molecule has 0 saturated heterocycles. The molecule has 0 amide bonds. The molecule has 0 unspecified atom stereocenters. The molecule has 38 heavy (non-hydrogen) atoms. The molecule has 3 saturated carbocycles. The Morgan fingerprint density at radius 3 is 2.61 bits per heavy atom. The fourth-order valence-corrected chi connectivity index (χ4v) is 8.79. The molecule has 0 aliphatic heterocycles. The highest BCUT2D eigenvalue weighted by Crippen LogP contribution is 2.66. The quantitative estimate of drug-likeness (QED) is 0.216. The average molecular weight is 521 g/mol. The van der Waals surface area contributed by atoms with Gasteiger partial charge < -0.3 is 14.2 Å². The zero-order valence-electron chi connectivity index (χ0n) is 23.8. The summed E-state index contributed by atoms with van der Waals surface area (Å²) in [5.74, 6) is 3.50. The van der Waals surface area contributed by atoms with Crippen LogP contribution in [0.5, 0.6) is 11.5 Å². The number of carbonyl (C=O) groups excluding carboxylic acids is 2. The van der Waals surface area contributed by atoms with Gasteiger partial charge >= 0.3 is 5.97 Å². The van der Waals surface area contributed by atoms with Gasteiger partial charge in [0.05, 0.1) is 13.7 Å². The van der Waals surface area contributed by atoms with Crippen molar-refractivity contribution < 1.29 is 23.8 Å². The molecule has 5 nitrogen and oxygen atoms in total. The summed E-state index contributed by atoms with van der Waals surface area (Å²) in [6, 6.07) is 5.82. The Kier molecular flexibility index (Phi) is 7.50. The number of ether oxygens (including phenoxy) is 3. The van der Waals surface area contributed by atoms with Crippen molar-refractivity contribution in [2.24, 2.45) is 34.5 Å². The van der Waals surface area contributed by atoms with Crippen LogP contribution in [0, 0.1) is 34.5 Å². The molecule has 5 rings (SSSR count). The molecule has 0 aromatic heterocycles. The molecule has 0 N–H and O–H groups in total. The van der Waals surface area contributed by atoms with Crippen LogP contribution in [0.25, 0.3) is 6.08 Å². The first-order valence-electron chi connectivity index (χ1n) is 14.6. The van der Waals surface area contributed by atoms with Crippen LogP contribution in [0.1, 0.15) is 84.6 Å². The molecule has 3 fully saturated rings. The summed E-state index contributed by atoms with van der Waals surface area (Å²) in [5, 5.41) is 0. The van der Waals surface area contributed by atoms with Crippen molar-refractivity contribution in [1.82, 2.24) is 0 Å². The highest BCUT2D eigenvalue weighted by molar-refractivity contribution is 5.96. The summed E-state index contributed by atoms with van der Waals surface area (Å²) < 4.78 is 16.7. The molecule has 0 radical (unpaired) electrons. The lowest BCUT2D eigenvalue weighted by molar-refractivity contribution is -0.149. The zero-order valence-corrected chi connectivity index (χ0v) is 23.8. The fraction of sp³-hybridized carbons (Fsp3) is 0.636. The van der Waals surface area contributed by atoms with Crippen molar-refractivity contribution >= 4 is 17.8 Å². The number of hydrogen-bond acceptors (Lipinski definition) is 5. The molecular weight excluding hydrogens is 476 g/mol. The lowest BCUT2D eigenvalue weighted by atomic mass is 9.47. The van der Waals surface area contributed by atoms with E-state index in [1.165, 1.54) is 18.9 Å². The maximum absolute atomic E-state index is 13.6. The summed E-state index contributed by atoms with van der Waals surface area (Å²) in [7, 11) is 1.64. The van der Waals surface area contributed by atoms with E-state index in [2.05, 4.69) is 19.9 Å². The van der Waals surface area contributed by atoms with Gasteiger partial charge in [0.25, 0.3) is 0 Å². The van der Waals surface area contributed by atoms with E-state index >= 15 is 0 Å². The Balaban J connectivity index is 1.30. The molecule has 1 aromatic carbocycles. The van der Waals surface area contributed by atoms with Gasteiger partial charge in [0.2, 0.25) is 0 Å². The summed E-state index contributed by atoms with van der Waals surface area (Å²) in [5.41, 5.74) is 2.73. The number of methoxy groups -OCH3 is 1. The average Bonchev–Trinajstić information content (AvgIpc) is 3.25. The van der Waals surface area contributed by atoms with Gasteiger partial charge in [-0.1, -0.05) is 37.6 Å². The SMILES string of the molecule is CCOc1ccc(C=CC(=O)[C@H]2CC[C@H]3[C@@H]4CC=C5C[C@@H](OC(C)=O)CC[C@]5(C)[C@H]4CC[C@]23C)cc1OC. The van der Waals surface area contributed by atoms with Gasteiger partial charge in [-0.2, -0.15) is 0 Å². The zero-order chi connectivity index (χ0) is 27.1. The molecule has 7 atom stereocenters. The minimum atomic E-state index is -0.168. The smallest absolute Gasteiger partial charge is 0.302 e. The molecule has 206 valence electrons. The first-order chi connectivity index (χ1) is 18.2. The second-order valence-electron chi connectivity index (χ2n) is 12.5. The monoisotopic (exact) mass is 520 g/mol. The van der Waals surface area contributed by atoms with Crippen LogP contribution >= 0.6 is 0 Å². The second kappa shape index (κ2) is 10.5. The van der Waals surface area contributed by atoms with E-state index in [1.54, 1.807) is 13.2 Å². The molecule has 4 aliphatic rings. The van der Waals surface area contributed by atoms with Crippen molar-refractivity contribution in [2.75, 3.05) is 13.7 Å². The number of rotatable bonds is 7. The Morgan fingerprint density at radius 2 is 1.87 bits per heavy atom. The van der Waals surface area contributed by atoms with Crippen LogP contribution in [0.3, 0.4) is 0 Å². The molecule has 1 aromatic rings. The molecule has 0 heterocycles. The van der Waals surface area contributed by atoms with Gasteiger partial charge in [0, 0.05) is 19.3 Å². The summed E-state index contributed by atoms with van der Waals surface area (Å²) in [6.07, 6.45) is 14.7. The van der Waals surface area contributed by atoms with E-state index in [1.807, 2.05) is 31.2 Å². The van der Waals surface area contributed by atoms with Crippen LogP contribution in [0.2, 0.25) is 0 Å². The number of ketones is 1. The lowest BCUT2D eigenvalue weighted by Gasteiger charge is -2.58. The molecule has 0 spiro atoms. The van der Waals surface area contributed by atoms with Crippen molar-refractivity contribution in [2.45, 2.75) is 85.2 Å². The topological polar surface area (TPSA) is 61.8 Å². The standard InChI is InChI=1S/C33H44O5/c1-6-37-30-14-8-22(19-31(30)36-5)7-13-29(35)28-12-11-26-25-10-9-23-20-24(38-21(2)34)15-17-32(23,3)27(25)16-18-33(26,28)4/h7-9,13-14,19,24-28H,6,10-12,15-18,20H2,1-5H3/t24-,25-,26-,27-,28+,32-,33-/m0/s1. The number of carbonyl (C=O) groups is 2. The fourth-order valence-electron chi connectivity index (χ4n) is 8.79. The Labute approximate surface area is 228 Å². The minimum absolute atomic E-state index is 0.0350. The van der Waals surface area contributed by atoms with E-state index < -0.39 is 0 Å². The largest absolute Gasteiger partial charge is 0.493 e. The Bertz CT molecular complexity index is 1130. The van der Waals surface area contributed by atoms with E-state index in [-0.39, 0.29) is 34.6 Å². The third-order valence-electron chi connectivity index (χ3n) is 10.7. The number of esters is 1. The predicted octanol–water partition coefficient (Wildman–Crippen LogP) is 7.19. The summed E-state index contributed by atoms with van der Waals surface area (Å²) >= 11 is 0. The van der Waals surface area contributed by atoms with Crippen LogP contribution in [-0.2, 0) is 14.3 Å². The van der Waals surface area contributed by atoms with Gasteiger partial charge in [0.15, 0.2) is 17.3 Å². The minimum Gasteiger partial charge on any atom is -0.493 e. The van der Waals surface area contributed by atoms with E-state index in [4.69, 9.17) is 14.2 Å². The first kappa shape index (κ1) is 27.0. The summed E-state index contributed by atoms with van der Waals surface area (Å²) in [4.78, 5) is 25.1. The van der Waals surface area contributed by atoms with E-state index in [0.29, 0.717) is 30.1 Å².